The van der Waals surface area contributed by atoms with E-state index in [0.717, 1.165) is 32.1 Å². The molecule has 0 spiro atoms. The van der Waals surface area contributed by atoms with E-state index in [4.69, 9.17) is 16.0 Å². The van der Waals surface area contributed by atoms with Gasteiger partial charge in [-0.25, -0.2) is 6.57 Å². The first-order chi connectivity index (χ1) is 11.1. The van der Waals surface area contributed by atoms with Gasteiger partial charge < -0.3 is 14.3 Å². The molecule has 0 aliphatic heterocycles. The van der Waals surface area contributed by atoms with Gasteiger partial charge in [-0.3, -0.25) is 0 Å². The molecule has 0 aromatic carbocycles. The molecule has 0 fully saturated rings. The van der Waals surface area contributed by atoms with Crippen LogP contribution in [0, 0.1) is 12.0 Å². The SMILES string of the molecule is [C-]#[N+]CCCC(CCC)(CCCCCCCC)C(C)(OC)OC. The van der Waals surface area contributed by atoms with Crippen LogP contribution in [0.1, 0.15) is 91.4 Å². The molecular weight excluding hydrogens is 286 g/mol. The molecule has 0 N–H and O–H groups in total. The van der Waals surface area contributed by atoms with Crippen LogP contribution in [0.15, 0.2) is 0 Å². The molecule has 0 aliphatic rings. The molecule has 1 unspecified atom stereocenters. The molecule has 0 radical (unpaired) electrons. The number of hydrogen-bond acceptors (Lipinski definition) is 2. The molecule has 0 amide bonds. The molecule has 0 saturated heterocycles. The molecule has 23 heavy (non-hydrogen) atoms. The van der Waals surface area contributed by atoms with Gasteiger partial charge in [0.25, 0.3) is 0 Å². The standard InChI is InChI=1S/C20H39NO2/c1-7-9-10-11-12-13-16-20(15-8-2,17-14-18-21-4)19(3,22-5)23-6/h7-18H2,1-3,5-6H3. The predicted molar refractivity (Wildman–Crippen MR) is 98.5 cm³/mol. The lowest BCUT2D eigenvalue weighted by molar-refractivity contribution is -0.272. The Hall–Kier alpha value is -0.590. The molecular formula is C20H39NO2. The zero-order valence-corrected chi connectivity index (χ0v) is 16.2. The molecule has 136 valence electrons. The first kappa shape index (κ1) is 22.4. The summed E-state index contributed by atoms with van der Waals surface area (Å²) in [7, 11) is 3.51. The molecule has 0 heterocycles. The van der Waals surface area contributed by atoms with Crippen LogP contribution < -0.4 is 0 Å². The number of ether oxygens (including phenoxy) is 2. The Kier molecular flexibility index (Phi) is 12.5. The Morgan fingerprint density at radius 3 is 1.87 bits per heavy atom. The summed E-state index contributed by atoms with van der Waals surface area (Å²) in [4.78, 5) is 3.53. The van der Waals surface area contributed by atoms with Crippen molar-refractivity contribution in [1.82, 2.24) is 0 Å². The van der Waals surface area contributed by atoms with E-state index >= 15 is 0 Å². The maximum atomic E-state index is 7.05. The first-order valence-electron chi connectivity index (χ1n) is 9.49. The summed E-state index contributed by atoms with van der Waals surface area (Å²) in [5.74, 6) is -0.561. The number of methoxy groups -OCH3 is 2. The van der Waals surface area contributed by atoms with Crippen molar-refractivity contribution in [2.24, 2.45) is 5.41 Å². The van der Waals surface area contributed by atoms with Crippen molar-refractivity contribution in [1.29, 1.82) is 0 Å². The monoisotopic (exact) mass is 325 g/mol. The van der Waals surface area contributed by atoms with Crippen LogP contribution in [-0.4, -0.2) is 26.6 Å². The predicted octanol–water partition coefficient (Wildman–Crippen LogP) is 6.23. The van der Waals surface area contributed by atoms with Gasteiger partial charge in [-0.05, 0) is 26.2 Å². The van der Waals surface area contributed by atoms with E-state index in [0.29, 0.717) is 6.54 Å². The fraction of sp³-hybridized carbons (Fsp3) is 0.950. The van der Waals surface area contributed by atoms with Gasteiger partial charge in [-0.2, -0.15) is 0 Å². The molecule has 0 rings (SSSR count). The topological polar surface area (TPSA) is 22.8 Å². The van der Waals surface area contributed by atoms with Crippen LogP contribution in [0.5, 0.6) is 0 Å². The first-order valence-corrected chi connectivity index (χ1v) is 9.49. The van der Waals surface area contributed by atoms with E-state index in [-0.39, 0.29) is 5.41 Å². The number of rotatable bonds is 15. The molecule has 3 heteroatoms. The van der Waals surface area contributed by atoms with Crippen LogP contribution >= 0.6 is 0 Å². The van der Waals surface area contributed by atoms with Gasteiger partial charge in [-0.1, -0.05) is 58.8 Å². The summed E-state index contributed by atoms with van der Waals surface area (Å²) < 4.78 is 11.7. The van der Waals surface area contributed by atoms with E-state index < -0.39 is 5.79 Å². The van der Waals surface area contributed by atoms with E-state index in [1.807, 2.05) is 0 Å². The Labute approximate surface area is 145 Å². The largest absolute Gasteiger partial charge is 0.353 e. The number of nitrogens with zero attached hydrogens (tertiary/aromatic N) is 1. The third-order valence-electron chi connectivity index (χ3n) is 5.41. The maximum absolute atomic E-state index is 7.05. The Morgan fingerprint density at radius 1 is 0.783 bits per heavy atom. The Balaban J connectivity index is 4.89. The lowest BCUT2D eigenvalue weighted by atomic mass is 9.69. The van der Waals surface area contributed by atoms with Crippen molar-refractivity contribution in [3.05, 3.63) is 11.4 Å². The molecule has 0 bridgehead atoms. The van der Waals surface area contributed by atoms with Gasteiger partial charge in [0.05, 0.1) is 0 Å². The van der Waals surface area contributed by atoms with Crippen LogP contribution in [0.25, 0.3) is 4.85 Å². The summed E-state index contributed by atoms with van der Waals surface area (Å²) in [6, 6.07) is 0. The normalized spacial score (nSPS) is 14.4. The van der Waals surface area contributed by atoms with Gasteiger partial charge in [0, 0.05) is 26.1 Å². The van der Waals surface area contributed by atoms with Crippen LogP contribution in [0.4, 0.5) is 0 Å². The van der Waals surface area contributed by atoms with Crippen molar-refractivity contribution >= 4 is 0 Å². The zero-order chi connectivity index (χ0) is 17.6. The summed E-state index contributed by atoms with van der Waals surface area (Å²) >= 11 is 0. The van der Waals surface area contributed by atoms with Gasteiger partial charge in [0.15, 0.2) is 5.79 Å². The smallest absolute Gasteiger partial charge is 0.214 e. The lowest BCUT2D eigenvalue weighted by Crippen LogP contribution is -2.49. The third-order valence-corrected chi connectivity index (χ3v) is 5.41. The lowest BCUT2D eigenvalue weighted by Gasteiger charge is -2.47. The van der Waals surface area contributed by atoms with Gasteiger partial charge >= 0.3 is 0 Å². The van der Waals surface area contributed by atoms with E-state index in [1.54, 1.807) is 14.2 Å². The van der Waals surface area contributed by atoms with Crippen molar-refractivity contribution < 1.29 is 9.47 Å². The minimum Gasteiger partial charge on any atom is -0.353 e. The second kappa shape index (κ2) is 12.8. The van der Waals surface area contributed by atoms with Crippen LogP contribution in [0.3, 0.4) is 0 Å². The summed E-state index contributed by atoms with van der Waals surface area (Å²) in [5, 5.41) is 0. The van der Waals surface area contributed by atoms with Gasteiger partial charge in [0.1, 0.15) is 0 Å². The summed E-state index contributed by atoms with van der Waals surface area (Å²) in [6.45, 7) is 14.2. The number of hydrogen-bond donors (Lipinski definition) is 0. The molecule has 0 aromatic rings. The molecule has 0 aromatic heterocycles. The highest BCUT2D eigenvalue weighted by Gasteiger charge is 2.47. The zero-order valence-electron chi connectivity index (χ0n) is 16.2. The molecule has 0 aliphatic carbocycles. The Morgan fingerprint density at radius 2 is 1.35 bits per heavy atom. The van der Waals surface area contributed by atoms with Gasteiger partial charge in [-0.15, -0.1) is 0 Å². The molecule has 3 nitrogen and oxygen atoms in total. The van der Waals surface area contributed by atoms with Gasteiger partial charge in [0.2, 0.25) is 6.54 Å². The van der Waals surface area contributed by atoms with Crippen molar-refractivity contribution in [2.45, 2.75) is 97.2 Å². The van der Waals surface area contributed by atoms with E-state index in [2.05, 4.69) is 25.6 Å². The summed E-state index contributed by atoms with van der Waals surface area (Å²) in [5.41, 5.74) is 0.0146. The second-order valence-corrected chi connectivity index (χ2v) is 6.89. The quantitative estimate of drug-likeness (QED) is 0.202. The van der Waals surface area contributed by atoms with Crippen molar-refractivity contribution in [3.8, 4) is 0 Å². The highest BCUT2D eigenvalue weighted by molar-refractivity contribution is 4.92. The summed E-state index contributed by atoms with van der Waals surface area (Å²) in [6.07, 6.45) is 13.1. The van der Waals surface area contributed by atoms with Crippen molar-refractivity contribution in [3.63, 3.8) is 0 Å². The average Bonchev–Trinajstić information content (AvgIpc) is 2.57. The van der Waals surface area contributed by atoms with E-state index in [1.165, 1.54) is 38.5 Å². The average molecular weight is 326 g/mol. The second-order valence-electron chi connectivity index (χ2n) is 6.89. The molecule has 0 saturated carbocycles. The fourth-order valence-corrected chi connectivity index (χ4v) is 3.79. The molecule has 1 atom stereocenters. The van der Waals surface area contributed by atoms with E-state index in [9.17, 15) is 0 Å². The fourth-order valence-electron chi connectivity index (χ4n) is 3.79. The minimum atomic E-state index is -0.561. The van der Waals surface area contributed by atoms with Crippen molar-refractivity contribution in [2.75, 3.05) is 20.8 Å². The Bertz CT molecular complexity index is 320. The van der Waals surface area contributed by atoms with Crippen LogP contribution in [-0.2, 0) is 9.47 Å². The number of unbranched alkanes of at least 4 members (excludes halogenated alkanes) is 5. The van der Waals surface area contributed by atoms with Crippen LogP contribution in [0.2, 0.25) is 0 Å². The maximum Gasteiger partial charge on any atom is 0.214 e. The highest BCUT2D eigenvalue weighted by atomic mass is 16.7. The highest BCUT2D eigenvalue weighted by Crippen LogP contribution is 2.47. The minimum absolute atomic E-state index is 0.0146. The third kappa shape index (κ3) is 7.23.